The Morgan fingerprint density at radius 1 is 1.30 bits per heavy atom. The minimum Gasteiger partial charge on any atom is -0.396 e. The van der Waals surface area contributed by atoms with Crippen LogP contribution in [-0.4, -0.2) is 41.0 Å². The number of pyridine rings is 1. The summed E-state index contributed by atoms with van der Waals surface area (Å²) in [5.41, 5.74) is 7.93. The fourth-order valence-electron chi connectivity index (χ4n) is 2.50. The van der Waals surface area contributed by atoms with Crippen LogP contribution in [0.3, 0.4) is 0 Å². The van der Waals surface area contributed by atoms with E-state index in [1.54, 1.807) is 17.5 Å². The Morgan fingerprint density at radius 3 is 2.75 bits per heavy atom. The average molecular weight is 289 g/mol. The number of nitrogen functional groups attached to an aromatic ring is 1. The summed E-state index contributed by atoms with van der Waals surface area (Å²) in [6.07, 6.45) is 1.80. The molecular formula is C14H19N5S. The van der Waals surface area contributed by atoms with Gasteiger partial charge in [-0.25, -0.2) is 9.97 Å². The Bertz CT molecular complexity index is 574. The highest BCUT2D eigenvalue weighted by Gasteiger charge is 2.19. The second-order valence-electron chi connectivity index (χ2n) is 5.04. The summed E-state index contributed by atoms with van der Waals surface area (Å²) in [5.74, 6) is 0.914. The fourth-order valence-corrected chi connectivity index (χ4v) is 3.11. The van der Waals surface area contributed by atoms with Gasteiger partial charge in [-0.15, -0.1) is 11.3 Å². The molecule has 3 heterocycles. The number of piperazine rings is 1. The lowest BCUT2D eigenvalue weighted by Gasteiger charge is -2.35. The molecule has 0 radical (unpaired) electrons. The molecule has 6 heteroatoms. The van der Waals surface area contributed by atoms with Gasteiger partial charge in [0.2, 0.25) is 0 Å². The molecule has 1 fully saturated rings. The predicted octanol–water partition coefficient (Wildman–Crippen LogP) is 1.75. The Hall–Kier alpha value is -1.66. The predicted molar refractivity (Wildman–Crippen MR) is 83.0 cm³/mol. The molecule has 0 aliphatic carbocycles. The lowest BCUT2D eigenvalue weighted by molar-refractivity contribution is 0.247. The van der Waals surface area contributed by atoms with Crippen molar-refractivity contribution >= 4 is 22.8 Å². The van der Waals surface area contributed by atoms with Crippen LogP contribution < -0.4 is 10.6 Å². The van der Waals surface area contributed by atoms with E-state index in [2.05, 4.69) is 32.1 Å². The third-order valence-corrected chi connectivity index (χ3v) is 4.36. The summed E-state index contributed by atoms with van der Waals surface area (Å²) in [4.78, 5) is 13.6. The number of nitrogens with zero attached hydrogens (tertiary/aromatic N) is 4. The summed E-state index contributed by atoms with van der Waals surface area (Å²) in [6.45, 7) is 6.96. The van der Waals surface area contributed by atoms with Gasteiger partial charge < -0.3 is 10.6 Å². The highest BCUT2D eigenvalue weighted by Crippen LogP contribution is 2.21. The zero-order valence-electron chi connectivity index (χ0n) is 11.6. The van der Waals surface area contributed by atoms with Crippen molar-refractivity contribution in [2.24, 2.45) is 0 Å². The van der Waals surface area contributed by atoms with E-state index in [-0.39, 0.29) is 0 Å². The van der Waals surface area contributed by atoms with Crippen LogP contribution in [0.5, 0.6) is 0 Å². The zero-order chi connectivity index (χ0) is 13.9. The van der Waals surface area contributed by atoms with Crippen LogP contribution in [-0.2, 0) is 6.54 Å². The third kappa shape index (κ3) is 2.91. The van der Waals surface area contributed by atoms with Crippen molar-refractivity contribution in [1.82, 2.24) is 14.9 Å². The van der Waals surface area contributed by atoms with Crippen molar-refractivity contribution in [1.29, 1.82) is 0 Å². The van der Waals surface area contributed by atoms with E-state index >= 15 is 0 Å². The molecule has 0 amide bonds. The molecule has 0 spiro atoms. The quantitative estimate of drug-likeness (QED) is 0.933. The maximum atomic E-state index is 5.99. The van der Waals surface area contributed by atoms with Crippen molar-refractivity contribution in [2.75, 3.05) is 36.8 Å². The molecule has 1 aliphatic heterocycles. The van der Waals surface area contributed by atoms with Crippen LogP contribution in [0.4, 0.5) is 11.5 Å². The number of aryl methyl sites for hydroxylation is 1. The molecule has 2 aromatic heterocycles. The first-order valence-corrected chi connectivity index (χ1v) is 7.69. The van der Waals surface area contributed by atoms with Crippen molar-refractivity contribution in [2.45, 2.75) is 13.5 Å². The van der Waals surface area contributed by atoms with Gasteiger partial charge in [0, 0.05) is 44.3 Å². The maximum Gasteiger partial charge on any atom is 0.151 e. The summed E-state index contributed by atoms with van der Waals surface area (Å²) < 4.78 is 0. The third-order valence-electron chi connectivity index (χ3n) is 3.54. The van der Waals surface area contributed by atoms with Crippen LogP contribution in [0.2, 0.25) is 0 Å². The van der Waals surface area contributed by atoms with Gasteiger partial charge in [-0.3, -0.25) is 4.90 Å². The number of hydrogen-bond donors (Lipinski definition) is 1. The molecule has 0 bridgehead atoms. The summed E-state index contributed by atoms with van der Waals surface area (Å²) in [6, 6.07) is 3.78. The number of anilines is 2. The Balaban J connectivity index is 1.58. The molecule has 0 unspecified atom stereocenters. The number of nitrogens with two attached hydrogens (primary N) is 1. The molecule has 5 nitrogen and oxygen atoms in total. The van der Waals surface area contributed by atoms with Gasteiger partial charge in [-0.2, -0.15) is 0 Å². The second kappa shape index (κ2) is 5.76. The molecule has 2 N–H and O–H groups in total. The Labute approximate surface area is 123 Å². The first-order valence-electron chi connectivity index (χ1n) is 6.81. The Morgan fingerprint density at radius 2 is 2.10 bits per heavy atom. The molecule has 0 atom stereocenters. The smallest absolute Gasteiger partial charge is 0.151 e. The number of aromatic nitrogens is 2. The van der Waals surface area contributed by atoms with E-state index in [1.165, 1.54) is 5.69 Å². The number of rotatable bonds is 3. The minimum absolute atomic E-state index is 0.760. The van der Waals surface area contributed by atoms with Crippen molar-refractivity contribution in [3.63, 3.8) is 0 Å². The van der Waals surface area contributed by atoms with Crippen LogP contribution >= 0.6 is 11.3 Å². The van der Waals surface area contributed by atoms with Gasteiger partial charge in [0.05, 0.1) is 16.4 Å². The van der Waals surface area contributed by atoms with E-state index < -0.39 is 0 Å². The first kappa shape index (κ1) is 13.3. The standard InChI is InChI=1S/C14H19N5S/c1-11-17-12(10-20-11)9-18-5-7-19(8-6-18)14-13(15)3-2-4-16-14/h2-4,10H,5-9,15H2,1H3. The first-order chi connectivity index (χ1) is 9.72. The van der Waals surface area contributed by atoms with Gasteiger partial charge in [-0.05, 0) is 19.1 Å². The van der Waals surface area contributed by atoms with E-state index in [9.17, 15) is 0 Å². The lowest BCUT2D eigenvalue weighted by Crippen LogP contribution is -2.46. The van der Waals surface area contributed by atoms with E-state index in [1.807, 2.05) is 12.1 Å². The van der Waals surface area contributed by atoms with Crippen LogP contribution in [0.1, 0.15) is 10.7 Å². The molecule has 106 valence electrons. The van der Waals surface area contributed by atoms with E-state index in [4.69, 9.17) is 5.73 Å². The highest BCUT2D eigenvalue weighted by molar-refractivity contribution is 7.09. The van der Waals surface area contributed by atoms with Gasteiger partial charge in [0.1, 0.15) is 0 Å². The highest BCUT2D eigenvalue weighted by atomic mass is 32.1. The normalized spacial score (nSPS) is 16.6. The molecule has 1 saturated heterocycles. The van der Waals surface area contributed by atoms with Gasteiger partial charge >= 0.3 is 0 Å². The van der Waals surface area contributed by atoms with Gasteiger partial charge in [0.15, 0.2) is 5.82 Å². The average Bonchev–Trinajstić information content (AvgIpc) is 2.86. The summed E-state index contributed by atoms with van der Waals surface area (Å²) in [7, 11) is 0. The molecule has 0 saturated carbocycles. The monoisotopic (exact) mass is 289 g/mol. The minimum atomic E-state index is 0.760. The van der Waals surface area contributed by atoms with E-state index in [0.29, 0.717) is 0 Å². The van der Waals surface area contributed by atoms with Gasteiger partial charge in [-0.1, -0.05) is 0 Å². The molecule has 2 aromatic rings. The molecule has 3 rings (SSSR count). The SMILES string of the molecule is Cc1nc(CN2CCN(c3ncccc3N)CC2)cs1. The summed E-state index contributed by atoms with van der Waals surface area (Å²) >= 11 is 1.72. The molecule has 20 heavy (non-hydrogen) atoms. The second-order valence-corrected chi connectivity index (χ2v) is 6.10. The van der Waals surface area contributed by atoms with E-state index in [0.717, 1.165) is 49.2 Å². The maximum absolute atomic E-state index is 5.99. The largest absolute Gasteiger partial charge is 0.396 e. The fraction of sp³-hybridized carbons (Fsp3) is 0.429. The lowest BCUT2D eigenvalue weighted by atomic mass is 10.2. The number of thiazole rings is 1. The zero-order valence-corrected chi connectivity index (χ0v) is 12.4. The Kier molecular flexibility index (Phi) is 3.84. The van der Waals surface area contributed by atoms with Crippen molar-refractivity contribution < 1.29 is 0 Å². The van der Waals surface area contributed by atoms with Crippen LogP contribution in [0, 0.1) is 6.92 Å². The summed E-state index contributed by atoms with van der Waals surface area (Å²) in [5, 5.41) is 3.29. The van der Waals surface area contributed by atoms with Crippen molar-refractivity contribution in [3.8, 4) is 0 Å². The van der Waals surface area contributed by atoms with Crippen LogP contribution in [0.25, 0.3) is 0 Å². The van der Waals surface area contributed by atoms with Crippen LogP contribution in [0.15, 0.2) is 23.7 Å². The molecule has 0 aromatic carbocycles. The number of hydrogen-bond acceptors (Lipinski definition) is 6. The van der Waals surface area contributed by atoms with Crippen molar-refractivity contribution in [3.05, 3.63) is 34.4 Å². The molecule has 1 aliphatic rings. The molecular weight excluding hydrogens is 270 g/mol. The topological polar surface area (TPSA) is 58.3 Å². The van der Waals surface area contributed by atoms with Gasteiger partial charge in [0.25, 0.3) is 0 Å².